The zero-order chi connectivity index (χ0) is 15.7. The molecule has 21 heavy (non-hydrogen) atoms. The number of nitrogens with zero attached hydrogens (tertiary/aromatic N) is 2. The number of anilines is 1. The van der Waals surface area contributed by atoms with Gasteiger partial charge in [0.15, 0.2) is 5.69 Å². The molecule has 1 aromatic heterocycles. The maximum atomic E-state index is 12.7. The molecule has 0 radical (unpaired) electrons. The van der Waals surface area contributed by atoms with Gasteiger partial charge in [-0.25, -0.2) is 9.97 Å². The number of hydrogen-bond donors (Lipinski definition) is 2. The van der Waals surface area contributed by atoms with Crippen LogP contribution in [0.4, 0.5) is 19.0 Å². The number of hydrogen-bond acceptors (Lipinski definition) is 4. The van der Waals surface area contributed by atoms with Crippen LogP contribution < -0.4 is 5.32 Å². The van der Waals surface area contributed by atoms with Gasteiger partial charge in [0.1, 0.15) is 5.82 Å². The fourth-order valence-corrected chi connectivity index (χ4v) is 3.04. The highest BCUT2D eigenvalue weighted by molar-refractivity contribution is 6.28. The highest BCUT2D eigenvalue weighted by atomic mass is 35.5. The van der Waals surface area contributed by atoms with E-state index in [-0.39, 0.29) is 12.4 Å². The molecule has 8 heteroatoms. The van der Waals surface area contributed by atoms with E-state index in [4.69, 9.17) is 11.6 Å². The summed E-state index contributed by atoms with van der Waals surface area (Å²) < 4.78 is 38.2. The van der Waals surface area contributed by atoms with Gasteiger partial charge in [0, 0.05) is 6.07 Å². The van der Waals surface area contributed by atoms with Crippen molar-refractivity contribution in [3.63, 3.8) is 0 Å². The van der Waals surface area contributed by atoms with E-state index in [1.165, 1.54) is 0 Å². The summed E-state index contributed by atoms with van der Waals surface area (Å²) >= 11 is 5.57. The highest BCUT2D eigenvalue weighted by Gasteiger charge is 2.37. The zero-order valence-corrected chi connectivity index (χ0v) is 12.3. The third kappa shape index (κ3) is 3.97. The van der Waals surface area contributed by atoms with Crippen molar-refractivity contribution in [1.82, 2.24) is 9.97 Å². The van der Waals surface area contributed by atoms with Gasteiger partial charge in [0.05, 0.1) is 12.1 Å². The molecule has 1 heterocycles. The van der Waals surface area contributed by atoms with Crippen molar-refractivity contribution in [1.29, 1.82) is 0 Å². The van der Waals surface area contributed by atoms with Crippen LogP contribution in [0.2, 0.25) is 5.28 Å². The van der Waals surface area contributed by atoms with Crippen LogP contribution in [0, 0.1) is 5.92 Å². The number of nitrogens with one attached hydrogen (secondary N) is 1. The summed E-state index contributed by atoms with van der Waals surface area (Å²) in [5.41, 5.74) is -1.75. The van der Waals surface area contributed by atoms with Gasteiger partial charge < -0.3 is 10.4 Å². The quantitative estimate of drug-likeness (QED) is 0.836. The van der Waals surface area contributed by atoms with E-state index in [1.807, 2.05) is 0 Å². The fraction of sp³-hybridized carbons (Fsp3) is 0.692. The van der Waals surface area contributed by atoms with Gasteiger partial charge >= 0.3 is 6.18 Å². The normalized spacial score (nSPS) is 26.7. The number of aliphatic hydroxyl groups excluding tert-OH is 1. The summed E-state index contributed by atoms with van der Waals surface area (Å²) in [6.45, 7) is 1.89. The van der Waals surface area contributed by atoms with E-state index >= 15 is 0 Å². The SMILES string of the molecule is CC1CCCC(CO)(Nc2cc(C(F)(F)F)nc(Cl)n2)C1. The lowest BCUT2D eigenvalue weighted by Gasteiger charge is -2.39. The fourth-order valence-electron chi connectivity index (χ4n) is 2.86. The molecule has 1 aromatic rings. The summed E-state index contributed by atoms with van der Waals surface area (Å²) in [6, 6.07) is 0.822. The maximum Gasteiger partial charge on any atom is 0.433 e. The largest absolute Gasteiger partial charge is 0.433 e. The summed E-state index contributed by atoms with van der Waals surface area (Å²) in [6.07, 6.45) is -1.29. The monoisotopic (exact) mass is 323 g/mol. The number of aliphatic hydroxyl groups is 1. The predicted octanol–water partition coefficient (Wildman–Crippen LogP) is 3.50. The van der Waals surface area contributed by atoms with Gasteiger partial charge in [-0.1, -0.05) is 19.8 Å². The molecule has 0 spiro atoms. The van der Waals surface area contributed by atoms with Crippen molar-refractivity contribution in [3.05, 3.63) is 17.0 Å². The average molecular weight is 324 g/mol. The second-order valence-corrected chi connectivity index (χ2v) is 6.01. The lowest BCUT2D eigenvalue weighted by Crippen LogP contribution is -2.46. The lowest BCUT2D eigenvalue weighted by atomic mass is 9.77. The van der Waals surface area contributed by atoms with Crippen molar-refractivity contribution in [2.45, 2.75) is 44.3 Å². The zero-order valence-electron chi connectivity index (χ0n) is 11.5. The molecular formula is C13H17ClF3N3O. The summed E-state index contributed by atoms with van der Waals surface area (Å²) in [4.78, 5) is 6.98. The first-order valence-electron chi connectivity index (χ1n) is 6.75. The molecular weight excluding hydrogens is 307 g/mol. The van der Waals surface area contributed by atoms with E-state index in [0.717, 1.165) is 18.9 Å². The first-order valence-corrected chi connectivity index (χ1v) is 7.13. The molecule has 1 aliphatic rings. The molecule has 2 unspecified atom stereocenters. The molecule has 2 atom stereocenters. The van der Waals surface area contributed by atoms with Crippen molar-refractivity contribution in [3.8, 4) is 0 Å². The standard InChI is InChI=1S/C13H17ClF3N3O/c1-8-3-2-4-12(6-8,7-21)20-10-5-9(13(15,16)17)18-11(14)19-10/h5,8,21H,2-4,6-7H2,1H3,(H,18,19,20). The topological polar surface area (TPSA) is 58.0 Å². The lowest BCUT2D eigenvalue weighted by molar-refractivity contribution is -0.141. The molecule has 1 fully saturated rings. The Balaban J connectivity index is 2.27. The van der Waals surface area contributed by atoms with Gasteiger partial charge in [-0.2, -0.15) is 13.2 Å². The molecule has 0 bridgehead atoms. The van der Waals surface area contributed by atoms with Gasteiger partial charge in [-0.05, 0) is 30.4 Å². The third-order valence-corrected chi connectivity index (χ3v) is 3.95. The molecule has 2 rings (SSSR count). The van der Waals surface area contributed by atoms with Gasteiger partial charge in [-0.15, -0.1) is 0 Å². The van der Waals surface area contributed by atoms with Crippen molar-refractivity contribution in [2.24, 2.45) is 5.92 Å². The van der Waals surface area contributed by atoms with Gasteiger partial charge in [0.2, 0.25) is 5.28 Å². The minimum Gasteiger partial charge on any atom is -0.394 e. The van der Waals surface area contributed by atoms with E-state index in [1.54, 1.807) is 0 Å². The smallest absolute Gasteiger partial charge is 0.394 e. The molecule has 0 aromatic carbocycles. The van der Waals surface area contributed by atoms with Crippen LogP contribution in [0.3, 0.4) is 0 Å². The summed E-state index contributed by atoms with van der Waals surface area (Å²) in [5.74, 6) is 0.378. The van der Waals surface area contributed by atoms with Crippen LogP contribution in [0.1, 0.15) is 38.3 Å². The van der Waals surface area contributed by atoms with E-state index < -0.39 is 22.7 Å². The molecule has 1 saturated carbocycles. The number of alkyl halides is 3. The Hall–Kier alpha value is -1.08. The number of halogens is 4. The minimum atomic E-state index is -4.59. The maximum absolute atomic E-state index is 12.7. The number of aromatic nitrogens is 2. The summed E-state index contributed by atoms with van der Waals surface area (Å²) in [5, 5.41) is 12.1. The van der Waals surface area contributed by atoms with Crippen LogP contribution in [-0.2, 0) is 6.18 Å². The minimum absolute atomic E-state index is 0.00882. The second-order valence-electron chi connectivity index (χ2n) is 5.67. The summed E-state index contributed by atoms with van der Waals surface area (Å²) in [7, 11) is 0. The Labute approximate surface area is 125 Å². The first-order chi connectivity index (χ1) is 9.74. The Bertz CT molecular complexity index is 512. The predicted molar refractivity (Wildman–Crippen MR) is 73.1 cm³/mol. The van der Waals surface area contributed by atoms with Gasteiger partial charge in [-0.3, -0.25) is 0 Å². The van der Waals surface area contributed by atoms with E-state index in [9.17, 15) is 18.3 Å². The van der Waals surface area contributed by atoms with Crippen LogP contribution in [-0.4, -0.2) is 27.2 Å². The van der Waals surface area contributed by atoms with Crippen molar-refractivity contribution in [2.75, 3.05) is 11.9 Å². The molecule has 2 N–H and O–H groups in total. The third-order valence-electron chi connectivity index (χ3n) is 3.78. The highest BCUT2D eigenvalue weighted by Crippen LogP contribution is 2.36. The Kier molecular flexibility index (Phi) is 4.63. The molecule has 0 saturated heterocycles. The molecule has 4 nitrogen and oxygen atoms in total. The Morgan fingerprint density at radius 3 is 2.76 bits per heavy atom. The molecule has 0 aliphatic heterocycles. The molecule has 1 aliphatic carbocycles. The second kappa shape index (κ2) is 5.96. The average Bonchev–Trinajstić information content (AvgIpc) is 2.37. The first kappa shape index (κ1) is 16.3. The van der Waals surface area contributed by atoms with E-state index in [0.29, 0.717) is 18.8 Å². The molecule has 0 amide bonds. The van der Waals surface area contributed by atoms with Crippen molar-refractivity contribution >= 4 is 17.4 Å². The number of rotatable bonds is 3. The van der Waals surface area contributed by atoms with Crippen molar-refractivity contribution < 1.29 is 18.3 Å². The molecule has 118 valence electrons. The van der Waals surface area contributed by atoms with Crippen LogP contribution >= 0.6 is 11.6 Å². The van der Waals surface area contributed by atoms with Crippen LogP contribution in [0.25, 0.3) is 0 Å². The Morgan fingerprint density at radius 1 is 1.48 bits per heavy atom. The van der Waals surface area contributed by atoms with Crippen LogP contribution in [0.15, 0.2) is 6.07 Å². The Morgan fingerprint density at radius 2 is 2.19 bits per heavy atom. The van der Waals surface area contributed by atoms with E-state index in [2.05, 4.69) is 22.2 Å². The van der Waals surface area contributed by atoms with Gasteiger partial charge in [0.25, 0.3) is 0 Å². The van der Waals surface area contributed by atoms with Crippen LogP contribution in [0.5, 0.6) is 0 Å².